The number of rotatable bonds is 5. The lowest BCUT2D eigenvalue weighted by Crippen LogP contribution is -2.12. The van der Waals surface area contributed by atoms with Crippen LogP contribution in [0.3, 0.4) is 0 Å². The molecule has 5 nitrogen and oxygen atoms in total. The lowest BCUT2D eigenvalue weighted by Gasteiger charge is -2.07. The average Bonchev–Trinajstić information content (AvgIpc) is 2.93. The highest BCUT2D eigenvalue weighted by molar-refractivity contribution is 5.94. The van der Waals surface area contributed by atoms with Crippen molar-refractivity contribution in [1.82, 2.24) is 9.78 Å². The average molecular weight is 323 g/mol. The van der Waals surface area contributed by atoms with Crippen molar-refractivity contribution in [2.45, 2.75) is 26.7 Å². The molecule has 3 rings (SSSR count). The van der Waals surface area contributed by atoms with Gasteiger partial charge in [-0.2, -0.15) is 5.10 Å². The van der Waals surface area contributed by atoms with Crippen LogP contribution < -0.4 is 5.32 Å². The van der Waals surface area contributed by atoms with Gasteiger partial charge >= 0.3 is 0 Å². The fraction of sp³-hybridized carbons (Fsp3) is 0.263. The fourth-order valence-electron chi connectivity index (χ4n) is 2.80. The second-order valence-corrected chi connectivity index (χ2v) is 5.80. The van der Waals surface area contributed by atoms with Crippen molar-refractivity contribution in [3.8, 4) is 5.69 Å². The molecular formula is C19H21N3O2. The van der Waals surface area contributed by atoms with Crippen LogP contribution in [0.1, 0.15) is 24.6 Å². The Kier molecular flexibility index (Phi) is 4.62. The number of hydrogen-bond acceptors (Lipinski definition) is 3. The Morgan fingerprint density at radius 2 is 2.08 bits per heavy atom. The van der Waals surface area contributed by atoms with Gasteiger partial charge in [0.15, 0.2) is 0 Å². The summed E-state index contributed by atoms with van der Waals surface area (Å²) in [4.78, 5) is 11.7. The molecule has 0 spiro atoms. The van der Waals surface area contributed by atoms with E-state index in [1.165, 1.54) is 5.56 Å². The lowest BCUT2D eigenvalue weighted by atomic mass is 10.1. The maximum Gasteiger partial charge on any atom is 0.226 e. The number of hydrogen-bond donors (Lipinski definition) is 2. The molecule has 2 aromatic carbocycles. The number of aromatic nitrogens is 2. The van der Waals surface area contributed by atoms with E-state index in [-0.39, 0.29) is 18.9 Å². The quantitative estimate of drug-likeness (QED) is 0.757. The molecule has 2 N–H and O–H groups in total. The number of carbonyl (C=O) groups is 1. The zero-order valence-electron chi connectivity index (χ0n) is 13.9. The normalized spacial score (nSPS) is 11.0. The van der Waals surface area contributed by atoms with Gasteiger partial charge in [-0.1, -0.05) is 19.1 Å². The molecule has 5 heteroatoms. The van der Waals surface area contributed by atoms with Gasteiger partial charge in [0.25, 0.3) is 0 Å². The van der Waals surface area contributed by atoms with E-state index in [0.717, 1.165) is 28.7 Å². The maximum atomic E-state index is 11.7. The Labute approximate surface area is 140 Å². The van der Waals surface area contributed by atoms with Gasteiger partial charge in [-0.15, -0.1) is 0 Å². The zero-order valence-corrected chi connectivity index (χ0v) is 13.9. The van der Waals surface area contributed by atoms with E-state index in [1.807, 2.05) is 35.0 Å². The predicted octanol–water partition coefficient (Wildman–Crippen LogP) is 3.22. The van der Waals surface area contributed by atoms with Gasteiger partial charge in [-0.3, -0.25) is 4.79 Å². The van der Waals surface area contributed by atoms with E-state index < -0.39 is 0 Å². The van der Waals surface area contributed by atoms with Crippen LogP contribution >= 0.6 is 0 Å². The van der Waals surface area contributed by atoms with Crippen LogP contribution in [0.25, 0.3) is 16.6 Å². The molecule has 0 aliphatic rings. The largest absolute Gasteiger partial charge is 0.396 e. The summed E-state index contributed by atoms with van der Waals surface area (Å²) in [6.45, 7) is 3.98. The van der Waals surface area contributed by atoms with E-state index >= 15 is 0 Å². The second kappa shape index (κ2) is 6.84. The standard InChI is InChI=1S/C19H21N3O2/c1-3-17-16-8-7-14(20-19(24)9-10-23)12-18(16)22(21-17)15-6-4-5-13(2)11-15/h4-8,11-12,23H,3,9-10H2,1-2H3,(H,20,24). The Bertz CT molecular complexity index is 883. The Hall–Kier alpha value is -2.66. The summed E-state index contributed by atoms with van der Waals surface area (Å²) < 4.78 is 1.92. The first kappa shape index (κ1) is 16.2. The van der Waals surface area contributed by atoms with Crippen LogP contribution in [0.5, 0.6) is 0 Å². The van der Waals surface area contributed by atoms with Gasteiger partial charge in [0.1, 0.15) is 0 Å². The summed E-state index contributed by atoms with van der Waals surface area (Å²) in [7, 11) is 0. The van der Waals surface area contributed by atoms with Crippen LogP contribution in [0.2, 0.25) is 0 Å². The van der Waals surface area contributed by atoms with Crippen molar-refractivity contribution >= 4 is 22.5 Å². The van der Waals surface area contributed by atoms with E-state index in [1.54, 1.807) is 0 Å². The monoisotopic (exact) mass is 323 g/mol. The minimum absolute atomic E-state index is 0.0926. The molecular weight excluding hydrogens is 302 g/mol. The van der Waals surface area contributed by atoms with Gasteiger partial charge in [0, 0.05) is 11.1 Å². The number of aryl methyl sites for hydroxylation is 2. The highest BCUT2D eigenvalue weighted by atomic mass is 16.3. The summed E-state index contributed by atoms with van der Waals surface area (Å²) in [5, 5.41) is 17.5. The van der Waals surface area contributed by atoms with Crippen LogP contribution in [-0.2, 0) is 11.2 Å². The van der Waals surface area contributed by atoms with E-state index in [9.17, 15) is 4.79 Å². The van der Waals surface area contributed by atoms with Crippen LogP contribution in [0.4, 0.5) is 5.69 Å². The van der Waals surface area contributed by atoms with Gasteiger partial charge in [0.05, 0.1) is 29.9 Å². The molecule has 1 aromatic heterocycles. The Morgan fingerprint density at radius 1 is 1.25 bits per heavy atom. The Balaban J connectivity index is 2.09. The third-order valence-corrected chi connectivity index (χ3v) is 3.96. The number of benzene rings is 2. The number of fused-ring (bicyclic) bond motifs is 1. The zero-order chi connectivity index (χ0) is 17.1. The molecule has 124 valence electrons. The molecule has 0 bridgehead atoms. The molecule has 24 heavy (non-hydrogen) atoms. The summed E-state index contributed by atoms with van der Waals surface area (Å²) in [6.07, 6.45) is 0.931. The highest BCUT2D eigenvalue weighted by Gasteiger charge is 2.12. The topological polar surface area (TPSA) is 67.2 Å². The minimum Gasteiger partial charge on any atom is -0.396 e. The van der Waals surface area contributed by atoms with Crippen molar-refractivity contribution in [2.24, 2.45) is 0 Å². The first-order valence-electron chi connectivity index (χ1n) is 8.11. The summed E-state index contributed by atoms with van der Waals surface area (Å²) in [5.74, 6) is -0.200. The summed E-state index contributed by atoms with van der Waals surface area (Å²) >= 11 is 0. The Morgan fingerprint density at radius 3 is 2.79 bits per heavy atom. The van der Waals surface area contributed by atoms with Gasteiger partial charge < -0.3 is 10.4 Å². The van der Waals surface area contributed by atoms with Gasteiger partial charge in [-0.25, -0.2) is 4.68 Å². The summed E-state index contributed by atoms with van der Waals surface area (Å²) in [6, 6.07) is 14.0. The van der Waals surface area contributed by atoms with Crippen LogP contribution in [0.15, 0.2) is 42.5 Å². The predicted molar refractivity (Wildman–Crippen MR) is 95.5 cm³/mol. The third kappa shape index (κ3) is 3.16. The van der Waals surface area contributed by atoms with Crippen molar-refractivity contribution in [1.29, 1.82) is 0 Å². The van der Waals surface area contributed by atoms with Crippen molar-refractivity contribution in [3.63, 3.8) is 0 Å². The van der Waals surface area contributed by atoms with E-state index in [4.69, 9.17) is 10.2 Å². The number of aliphatic hydroxyl groups excluding tert-OH is 1. The molecule has 1 heterocycles. The third-order valence-electron chi connectivity index (χ3n) is 3.96. The maximum absolute atomic E-state index is 11.7. The van der Waals surface area contributed by atoms with E-state index in [0.29, 0.717) is 5.69 Å². The highest BCUT2D eigenvalue weighted by Crippen LogP contribution is 2.26. The van der Waals surface area contributed by atoms with E-state index in [2.05, 4.69) is 31.3 Å². The molecule has 0 unspecified atom stereocenters. The van der Waals surface area contributed by atoms with Gasteiger partial charge in [0.2, 0.25) is 5.91 Å². The van der Waals surface area contributed by atoms with Crippen LogP contribution in [0, 0.1) is 6.92 Å². The molecule has 0 atom stereocenters. The smallest absolute Gasteiger partial charge is 0.226 e. The molecule has 3 aromatic rings. The fourth-order valence-corrected chi connectivity index (χ4v) is 2.80. The minimum atomic E-state index is -0.200. The SMILES string of the molecule is CCc1nn(-c2cccc(C)c2)c2cc(NC(=O)CCO)ccc12. The molecule has 0 fully saturated rings. The number of nitrogens with zero attached hydrogens (tertiary/aromatic N) is 2. The van der Waals surface area contributed by atoms with Crippen molar-refractivity contribution < 1.29 is 9.90 Å². The molecule has 0 saturated carbocycles. The number of anilines is 1. The molecule has 0 radical (unpaired) electrons. The first-order chi connectivity index (χ1) is 11.6. The molecule has 0 aliphatic carbocycles. The lowest BCUT2D eigenvalue weighted by molar-refractivity contribution is -0.116. The molecule has 0 saturated heterocycles. The number of amides is 1. The number of carbonyl (C=O) groups excluding carboxylic acids is 1. The molecule has 0 aliphatic heterocycles. The van der Waals surface area contributed by atoms with Crippen molar-refractivity contribution in [2.75, 3.05) is 11.9 Å². The van der Waals surface area contributed by atoms with Crippen molar-refractivity contribution in [3.05, 3.63) is 53.7 Å². The number of nitrogens with one attached hydrogen (secondary N) is 1. The van der Waals surface area contributed by atoms with Crippen LogP contribution in [-0.4, -0.2) is 27.4 Å². The first-order valence-corrected chi connectivity index (χ1v) is 8.11. The number of aliphatic hydroxyl groups is 1. The van der Waals surface area contributed by atoms with Gasteiger partial charge in [-0.05, 0) is 49.2 Å². The molecule has 1 amide bonds. The second-order valence-electron chi connectivity index (χ2n) is 5.80. The summed E-state index contributed by atoms with van der Waals surface area (Å²) in [5.41, 5.74) is 4.86.